The van der Waals surface area contributed by atoms with Crippen molar-refractivity contribution >= 4 is 17.4 Å². The van der Waals surface area contributed by atoms with Gasteiger partial charge in [0.2, 0.25) is 5.91 Å². The Morgan fingerprint density at radius 1 is 1.08 bits per heavy atom. The summed E-state index contributed by atoms with van der Waals surface area (Å²) in [7, 11) is 0. The number of anilines is 2. The summed E-state index contributed by atoms with van der Waals surface area (Å²) in [5.74, 6) is 1.02. The summed E-state index contributed by atoms with van der Waals surface area (Å²) in [6.07, 6.45) is 1.81. The Bertz CT molecular complexity index is 651. The van der Waals surface area contributed by atoms with Gasteiger partial charge in [0, 0.05) is 44.6 Å². The lowest BCUT2D eigenvalue weighted by Crippen LogP contribution is -2.48. The molecule has 0 saturated carbocycles. The normalized spacial score (nSPS) is 15.3. The highest BCUT2D eigenvalue weighted by molar-refractivity contribution is 5.92. The van der Waals surface area contributed by atoms with Crippen LogP contribution in [0.5, 0.6) is 0 Å². The van der Waals surface area contributed by atoms with Crippen LogP contribution in [0.15, 0.2) is 48.7 Å². The molecule has 6 nitrogen and oxygen atoms in total. The lowest BCUT2D eigenvalue weighted by molar-refractivity contribution is -0.117. The molecule has 0 atom stereocenters. The minimum Gasteiger partial charge on any atom is -0.354 e. The number of nitrogens with zero attached hydrogens (tertiary/aromatic N) is 3. The molecule has 0 aliphatic carbocycles. The molecule has 1 aliphatic heterocycles. The second-order valence-corrected chi connectivity index (χ2v) is 5.90. The summed E-state index contributed by atoms with van der Waals surface area (Å²) in [5.41, 5.74) is 7.44. The fourth-order valence-electron chi connectivity index (χ4n) is 2.80. The highest BCUT2D eigenvalue weighted by Crippen LogP contribution is 2.13. The molecule has 1 fully saturated rings. The Labute approximate surface area is 142 Å². The van der Waals surface area contributed by atoms with Crippen molar-refractivity contribution in [2.75, 3.05) is 42.9 Å². The van der Waals surface area contributed by atoms with Crippen LogP contribution in [0.25, 0.3) is 0 Å². The third-order valence-electron chi connectivity index (χ3n) is 4.19. The van der Waals surface area contributed by atoms with Crippen LogP contribution in [0.2, 0.25) is 0 Å². The van der Waals surface area contributed by atoms with E-state index in [0.717, 1.165) is 43.2 Å². The first-order valence-corrected chi connectivity index (χ1v) is 8.22. The van der Waals surface area contributed by atoms with E-state index < -0.39 is 0 Å². The van der Waals surface area contributed by atoms with Gasteiger partial charge in [0.25, 0.3) is 0 Å². The van der Waals surface area contributed by atoms with Crippen LogP contribution in [0.1, 0.15) is 5.56 Å². The molecule has 3 N–H and O–H groups in total. The van der Waals surface area contributed by atoms with E-state index >= 15 is 0 Å². The number of hydrogen-bond acceptors (Lipinski definition) is 5. The van der Waals surface area contributed by atoms with Gasteiger partial charge < -0.3 is 16.0 Å². The zero-order valence-corrected chi connectivity index (χ0v) is 13.7. The maximum Gasteiger partial charge on any atom is 0.238 e. The summed E-state index contributed by atoms with van der Waals surface area (Å²) >= 11 is 0. The lowest BCUT2D eigenvalue weighted by Gasteiger charge is -2.34. The molecule has 0 radical (unpaired) electrons. The van der Waals surface area contributed by atoms with Gasteiger partial charge in [-0.1, -0.05) is 18.2 Å². The van der Waals surface area contributed by atoms with Crippen molar-refractivity contribution in [3.8, 4) is 0 Å². The number of hydrogen-bond donors (Lipinski definition) is 2. The quantitative estimate of drug-likeness (QED) is 0.867. The molecule has 1 saturated heterocycles. The first kappa shape index (κ1) is 16.4. The standard InChI is InChI=1S/C18H23N5O/c19-13-15-4-6-16(7-5-15)21-18(24)14-22-9-11-23(12-10-22)17-3-1-2-8-20-17/h1-8H,9-14,19H2,(H,21,24). The zero-order chi connectivity index (χ0) is 16.8. The summed E-state index contributed by atoms with van der Waals surface area (Å²) in [5, 5.41) is 2.94. The van der Waals surface area contributed by atoms with Gasteiger partial charge in [-0.2, -0.15) is 0 Å². The van der Waals surface area contributed by atoms with E-state index in [-0.39, 0.29) is 5.91 Å². The van der Waals surface area contributed by atoms with E-state index in [4.69, 9.17) is 5.73 Å². The number of aromatic nitrogens is 1. The average molecular weight is 325 g/mol. The fraction of sp³-hybridized carbons (Fsp3) is 0.333. The van der Waals surface area contributed by atoms with Crippen molar-refractivity contribution in [2.24, 2.45) is 5.73 Å². The first-order chi connectivity index (χ1) is 11.7. The molecule has 6 heteroatoms. The lowest BCUT2D eigenvalue weighted by atomic mass is 10.2. The van der Waals surface area contributed by atoms with Crippen molar-refractivity contribution in [1.82, 2.24) is 9.88 Å². The second kappa shape index (κ2) is 7.90. The monoisotopic (exact) mass is 325 g/mol. The number of nitrogens with two attached hydrogens (primary N) is 1. The molecule has 1 aromatic heterocycles. The van der Waals surface area contributed by atoms with Crippen LogP contribution >= 0.6 is 0 Å². The molecule has 3 rings (SSSR count). The van der Waals surface area contributed by atoms with Gasteiger partial charge in [0.15, 0.2) is 0 Å². The number of carbonyl (C=O) groups excluding carboxylic acids is 1. The molecule has 1 amide bonds. The van der Waals surface area contributed by atoms with E-state index in [0.29, 0.717) is 13.1 Å². The Kier molecular flexibility index (Phi) is 5.40. The number of carbonyl (C=O) groups is 1. The van der Waals surface area contributed by atoms with E-state index in [9.17, 15) is 4.79 Å². The van der Waals surface area contributed by atoms with Gasteiger partial charge >= 0.3 is 0 Å². The van der Waals surface area contributed by atoms with Crippen LogP contribution in [-0.2, 0) is 11.3 Å². The van der Waals surface area contributed by atoms with Gasteiger partial charge in [-0.25, -0.2) is 4.98 Å². The second-order valence-electron chi connectivity index (χ2n) is 5.90. The van der Waals surface area contributed by atoms with E-state index in [2.05, 4.69) is 20.1 Å². The van der Waals surface area contributed by atoms with Gasteiger partial charge in [0.05, 0.1) is 6.54 Å². The Morgan fingerprint density at radius 2 is 1.83 bits per heavy atom. The number of pyridine rings is 1. The van der Waals surface area contributed by atoms with Crippen molar-refractivity contribution in [2.45, 2.75) is 6.54 Å². The third-order valence-corrected chi connectivity index (χ3v) is 4.19. The zero-order valence-electron chi connectivity index (χ0n) is 13.7. The fourth-order valence-corrected chi connectivity index (χ4v) is 2.80. The Hall–Kier alpha value is -2.44. The largest absolute Gasteiger partial charge is 0.354 e. The summed E-state index contributed by atoms with van der Waals surface area (Å²) in [6, 6.07) is 13.6. The molecule has 1 aromatic carbocycles. The van der Waals surface area contributed by atoms with Crippen molar-refractivity contribution in [3.05, 3.63) is 54.2 Å². The maximum atomic E-state index is 12.2. The van der Waals surface area contributed by atoms with Crippen LogP contribution in [0.3, 0.4) is 0 Å². The maximum absolute atomic E-state index is 12.2. The highest BCUT2D eigenvalue weighted by Gasteiger charge is 2.19. The molecule has 0 bridgehead atoms. The van der Waals surface area contributed by atoms with Crippen LogP contribution < -0.4 is 16.0 Å². The Morgan fingerprint density at radius 3 is 2.46 bits per heavy atom. The number of rotatable bonds is 5. The van der Waals surface area contributed by atoms with Gasteiger partial charge in [-0.05, 0) is 29.8 Å². The van der Waals surface area contributed by atoms with Crippen LogP contribution in [-0.4, -0.2) is 48.5 Å². The number of benzene rings is 1. The number of amides is 1. The minimum atomic E-state index is 0.0155. The summed E-state index contributed by atoms with van der Waals surface area (Å²) < 4.78 is 0. The summed E-state index contributed by atoms with van der Waals surface area (Å²) in [6.45, 7) is 4.40. The van der Waals surface area contributed by atoms with Gasteiger partial charge in [-0.15, -0.1) is 0 Å². The topological polar surface area (TPSA) is 74.5 Å². The molecule has 0 spiro atoms. The Balaban J connectivity index is 1.46. The average Bonchev–Trinajstić information content (AvgIpc) is 2.64. The van der Waals surface area contributed by atoms with E-state index in [1.54, 1.807) is 0 Å². The number of piperazine rings is 1. The molecular weight excluding hydrogens is 302 g/mol. The molecule has 126 valence electrons. The van der Waals surface area contributed by atoms with Crippen molar-refractivity contribution in [3.63, 3.8) is 0 Å². The molecule has 24 heavy (non-hydrogen) atoms. The first-order valence-electron chi connectivity index (χ1n) is 8.22. The van der Waals surface area contributed by atoms with Crippen LogP contribution in [0.4, 0.5) is 11.5 Å². The van der Waals surface area contributed by atoms with E-state index in [1.165, 1.54) is 0 Å². The molecule has 2 heterocycles. The molecular formula is C18H23N5O. The molecule has 0 unspecified atom stereocenters. The van der Waals surface area contributed by atoms with E-state index in [1.807, 2.05) is 48.7 Å². The van der Waals surface area contributed by atoms with Crippen LogP contribution in [0, 0.1) is 0 Å². The summed E-state index contributed by atoms with van der Waals surface area (Å²) in [4.78, 5) is 21.0. The molecule has 1 aliphatic rings. The SMILES string of the molecule is NCc1ccc(NC(=O)CN2CCN(c3ccccn3)CC2)cc1. The predicted molar refractivity (Wildman–Crippen MR) is 95.9 cm³/mol. The van der Waals surface area contributed by atoms with Crippen molar-refractivity contribution in [1.29, 1.82) is 0 Å². The smallest absolute Gasteiger partial charge is 0.238 e. The third kappa shape index (κ3) is 4.31. The number of nitrogens with one attached hydrogen (secondary N) is 1. The van der Waals surface area contributed by atoms with Crippen molar-refractivity contribution < 1.29 is 4.79 Å². The highest BCUT2D eigenvalue weighted by atomic mass is 16.2. The van der Waals surface area contributed by atoms with Gasteiger partial charge in [0.1, 0.15) is 5.82 Å². The molecule has 2 aromatic rings. The predicted octanol–water partition coefficient (Wildman–Crippen LogP) is 1.30. The van der Waals surface area contributed by atoms with Gasteiger partial charge in [-0.3, -0.25) is 9.69 Å². The minimum absolute atomic E-state index is 0.0155.